The Morgan fingerprint density at radius 1 is 0.958 bits per heavy atom. The molecule has 0 radical (unpaired) electrons. The lowest BCUT2D eigenvalue weighted by Gasteiger charge is -2.11. The van der Waals surface area contributed by atoms with Crippen LogP contribution in [0.25, 0.3) is 0 Å². The normalized spacial score (nSPS) is 11.5. The average molecular weight is 347 g/mol. The van der Waals surface area contributed by atoms with Crippen molar-refractivity contribution in [2.45, 2.75) is 31.9 Å². The van der Waals surface area contributed by atoms with Crippen LogP contribution >= 0.6 is 0 Å². The topological polar surface area (TPSA) is 83.5 Å². The van der Waals surface area contributed by atoms with Gasteiger partial charge in [0.25, 0.3) is 0 Å². The molecular weight excluding hydrogens is 326 g/mol. The minimum absolute atomic E-state index is 0.278. The highest BCUT2D eigenvalue weighted by Crippen LogP contribution is 2.15. The van der Waals surface area contributed by atoms with Crippen molar-refractivity contribution in [3.8, 4) is 0 Å². The van der Waals surface area contributed by atoms with Gasteiger partial charge in [0, 0.05) is 5.69 Å². The second kappa shape index (κ2) is 7.49. The summed E-state index contributed by atoms with van der Waals surface area (Å²) in [6.45, 7) is 3.26. The van der Waals surface area contributed by atoms with Gasteiger partial charge in [-0.2, -0.15) is 0 Å². The van der Waals surface area contributed by atoms with Crippen molar-refractivity contribution in [3.63, 3.8) is 0 Å². The van der Waals surface area contributed by atoms with E-state index in [-0.39, 0.29) is 5.56 Å². The molecule has 0 spiro atoms. The molecule has 6 heteroatoms. The van der Waals surface area contributed by atoms with Gasteiger partial charge in [-0.15, -0.1) is 0 Å². The molecule has 0 atom stereocenters. The number of aryl methyl sites for hydroxylation is 2. The van der Waals surface area contributed by atoms with Gasteiger partial charge < -0.3 is 5.11 Å². The van der Waals surface area contributed by atoms with Crippen LogP contribution in [-0.2, 0) is 22.9 Å². The van der Waals surface area contributed by atoms with Gasteiger partial charge in [-0.25, -0.2) is 13.2 Å². The molecule has 0 bridgehead atoms. The van der Waals surface area contributed by atoms with E-state index in [1.807, 2.05) is 24.3 Å². The molecule has 0 saturated carbocycles. The molecule has 5 nitrogen and oxygen atoms in total. The molecule has 0 saturated heterocycles. The zero-order valence-corrected chi connectivity index (χ0v) is 14.5. The van der Waals surface area contributed by atoms with Crippen LogP contribution < -0.4 is 4.72 Å². The first-order chi connectivity index (χ1) is 11.3. The van der Waals surface area contributed by atoms with E-state index in [9.17, 15) is 13.2 Å². The summed E-state index contributed by atoms with van der Waals surface area (Å²) in [6, 6.07) is 14.1. The standard InChI is InChI=1S/C18H21NO4S/c1-13(2)24(22,23)19-17-11-7-15(8-12-17)4-3-14-5-9-16(10-6-14)18(20)21/h5-13,19H,3-4H2,1-2H3,(H,20,21). The smallest absolute Gasteiger partial charge is 0.335 e. The zero-order valence-electron chi connectivity index (χ0n) is 13.7. The first-order valence-electron chi connectivity index (χ1n) is 7.71. The molecule has 2 rings (SSSR count). The highest BCUT2D eigenvalue weighted by Gasteiger charge is 2.15. The number of carbonyl (C=O) groups is 1. The molecule has 2 aromatic rings. The summed E-state index contributed by atoms with van der Waals surface area (Å²) >= 11 is 0. The van der Waals surface area contributed by atoms with Crippen molar-refractivity contribution in [1.29, 1.82) is 0 Å². The molecular formula is C18H21NO4S. The number of hydrogen-bond acceptors (Lipinski definition) is 3. The van der Waals surface area contributed by atoms with E-state index in [1.165, 1.54) is 0 Å². The Morgan fingerprint density at radius 2 is 1.42 bits per heavy atom. The number of carboxylic acid groups (broad SMARTS) is 1. The number of benzene rings is 2. The van der Waals surface area contributed by atoms with Crippen molar-refractivity contribution in [2.75, 3.05) is 4.72 Å². The summed E-state index contributed by atoms with van der Waals surface area (Å²) in [5, 5.41) is 8.40. The molecule has 2 aromatic carbocycles. The Balaban J connectivity index is 1.95. The fraction of sp³-hybridized carbons (Fsp3) is 0.278. The minimum atomic E-state index is -3.33. The van der Waals surface area contributed by atoms with Gasteiger partial charge in [-0.1, -0.05) is 24.3 Å². The van der Waals surface area contributed by atoms with Gasteiger partial charge in [0.15, 0.2) is 0 Å². The summed E-state index contributed by atoms with van der Waals surface area (Å²) in [7, 11) is -3.33. The third kappa shape index (κ3) is 4.83. The maximum absolute atomic E-state index is 11.8. The Morgan fingerprint density at radius 3 is 1.83 bits per heavy atom. The van der Waals surface area contributed by atoms with Gasteiger partial charge in [0.1, 0.15) is 0 Å². The van der Waals surface area contributed by atoms with Crippen molar-refractivity contribution in [1.82, 2.24) is 0 Å². The number of nitrogens with one attached hydrogen (secondary N) is 1. The van der Waals surface area contributed by atoms with Crippen molar-refractivity contribution >= 4 is 21.7 Å². The molecule has 0 aliphatic heterocycles. The number of aromatic carboxylic acids is 1. The highest BCUT2D eigenvalue weighted by molar-refractivity contribution is 7.93. The number of sulfonamides is 1. The van der Waals surface area contributed by atoms with Gasteiger partial charge in [0.05, 0.1) is 10.8 Å². The number of anilines is 1. The van der Waals surface area contributed by atoms with E-state index in [4.69, 9.17) is 5.11 Å². The fourth-order valence-electron chi connectivity index (χ4n) is 2.12. The third-order valence-corrected chi connectivity index (χ3v) is 5.50. The molecule has 0 aromatic heterocycles. The summed E-state index contributed by atoms with van der Waals surface area (Å²) in [6.07, 6.45) is 1.58. The van der Waals surface area contributed by atoms with Gasteiger partial charge in [-0.05, 0) is 62.1 Å². The predicted molar refractivity (Wildman–Crippen MR) is 94.9 cm³/mol. The Bertz CT molecular complexity index is 794. The largest absolute Gasteiger partial charge is 0.478 e. The van der Waals surface area contributed by atoms with E-state index in [0.29, 0.717) is 5.69 Å². The van der Waals surface area contributed by atoms with Gasteiger partial charge in [0.2, 0.25) is 10.0 Å². The molecule has 0 amide bonds. The molecule has 24 heavy (non-hydrogen) atoms. The average Bonchev–Trinajstić information content (AvgIpc) is 2.54. The molecule has 0 fully saturated rings. The van der Waals surface area contributed by atoms with Crippen LogP contribution in [0.15, 0.2) is 48.5 Å². The Kier molecular flexibility index (Phi) is 5.62. The molecule has 128 valence electrons. The molecule has 0 heterocycles. The number of hydrogen-bond donors (Lipinski definition) is 2. The number of rotatable bonds is 7. The van der Waals surface area contributed by atoms with Crippen LogP contribution in [-0.4, -0.2) is 24.7 Å². The zero-order chi connectivity index (χ0) is 17.7. The highest BCUT2D eigenvalue weighted by atomic mass is 32.2. The lowest BCUT2D eigenvalue weighted by Crippen LogP contribution is -2.22. The Labute approximate surface area is 142 Å². The Hall–Kier alpha value is -2.34. The first-order valence-corrected chi connectivity index (χ1v) is 9.25. The molecule has 0 aliphatic rings. The van der Waals surface area contributed by atoms with E-state index in [0.717, 1.165) is 24.0 Å². The van der Waals surface area contributed by atoms with Gasteiger partial charge >= 0.3 is 5.97 Å². The summed E-state index contributed by atoms with van der Waals surface area (Å²) in [5.74, 6) is -0.930. The monoisotopic (exact) mass is 347 g/mol. The quantitative estimate of drug-likeness (QED) is 0.805. The van der Waals surface area contributed by atoms with E-state index in [2.05, 4.69) is 4.72 Å². The van der Waals surface area contributed by atoms with Crippen LogP contribution in [0.4, 0.5) is 5.69 Å². The van der Waals surface area contributed by atoms with E-state index in [1.54, 1.807) is 38.1 Å². The van der Waals surface area contributed by atoms with Gasteiger partial charge in [-0.3, -0.25) is 4.72 Å². The molecule has 0 aliphatic carbocycles. The van der Waals surface area contributed by atoms with Crippen LogP contribution in [0.5, 0.6) is 0 Å². The first kappa shape index (κ1) is 18.0. The van der Waals surface area contributed by atoms with Crippen LogP contribution in [0.2, 0.25) is 0 Å². The predicted octanol–water partition coefficient (Wildman–Crippen LogP) is 3.32. The second-order valence-electron chi connectivity index (χ2n) is 5.89. The maximum atomic E-state index is 11.8. The fourth-order valence-corrected chi connectivity index (χ4v) is 2.82. The van der Waals surface area contributed by atoms with Crippen LogP contribution in [0, 0.1) is 0 Å². The minimum Gasteiger partial charge on any atom is -0.478 e. The third-order valence-electron chi connectivity index (χ3n) is 3.74. The van der Waals surface area contributed by atoms with Crippen molar-refractivity contribution in [2.24, 2.45) is 0 Å². The van der Waals surface area contributed by atoms with Crippen molar-refractivity contribution < 1.29 is 18.3 Å². The SMILES string of the molecule is CC(C)S(=O)(=O)Nc1ccc(CCc2ccc(C(=O)O)cc2)cc1. The van der Waals surface area contributed by atoms with Crippen LogP contribution in [0.3, 0.4) is 0 Å². The lowest BCUT2D eigenvalue weighted by molar-refractivity contribution is 0.0697. The maximum Gasteiger partial charge on any atom is 0.335 e. The molecule has 0 unspecified atom stereocenters. The van der Waals surface area contributed by atoms with E-state index >= 15 is 0 Å². The summed E-state index contributed by atoms with van der Waals surface area (Å²) in [5.41, 5.74) is 2.98. The molecule has 2 N–H and O–H groups in total. The van der Waals surface area contributed by atoms with Crippen molar-refractivity contribution in [3.05, 3.63) is 65.2 Å². The summed E-state index contributed by atoms with van der Waals surface area (Å²) < 4.78 is 26.2. The summed E-state index contributed by atoms with van der Waals surface area (Å²) in [4.78, 5) is 10.8. The lowest BCUT2D eigenvalue weighted by atomic mass is 10.0. The van der Waals surface area contributed by atoms with E-state index < -0.39 is 21.2 Å². The number of carboxylic acids is 1. The van der Waals surface area contributed by atoms with Crippen LogP contribution in [0.1, 0.15) is 35.3 Å². The second-order valence-corrected chi connectivity index (χ2v) is 8.13.